The molecule has 1 atom stereocenters. The van der Waals surface area contributed by atoms with Crippen molar-refractivity contribution in [3.05, 3.63) is 29.3 Å². The molecule has 0 saturated heterocycles. The zero-order valence-electron chi connectivity index (χ0n) is 9.05. The molecule has 0 bridgehead atoms. The Kier molecular flexibility index (Phi) is 2.63. The molecule has 86 valence electrons. The van der Waals surface area contributed by atoms with Gasteiger partial charge in [0.2, 0.25) is 5.91 Å². The minimum atomic E-state index is -0.692. The molecule has 0 spiro atoms. The van der Waals surface area contributed by atoms with Crippen molar-refractivity contribution < 1.29 is 13.6 Å². The summed E-state index contributed by atoms with van der Waals surface area (Å²) in [7, 11) is 1.59. The fraction of sp³-hybridized carbons (Fsp3) is 0.364. The number of amides is 1. The number of fused-ring (bicyclic) bond motifs is 1. The largest absolute Gasteiger partial charge is 0.308 e. The van der Waals surface area contributed by atoms with Crippen LogP contribution in [0.1, 0.15) is 18.5 Å². The lowest BCUT2D eigenvalue weighted by atomic mass is 10.1. The molecule has 0 fully saturated rings. The van der Waals surface area contributed by atoms with E-state index in [-0.39, 0.29) is 11.6 Å². The van der Waals surface area contributed by atoms with Crippen molar-refractivity contribution in [1.82, 2.24) is 5.32 Å². The van der Waals surface area contributed by atoms with Crippen LogP contribution in [0.25, 0.3) is 0 Å². The van der Waals surface area contributed by atoms with Gasteiger partial charge in [-0.2, -0.15) is 0 Å². The van der Waals surface area contributed by atoms with Gasteiger partial charge in [0.1, 0.15) is 17.7 Å². The van der Waals surface area contributed by atoms with Gasteiger partial charge in [-0.3, -0.25) is 4.79 Å². The summed E-state index contributed by atoms with van der Waals surface area (Å²) >= 11 is 0. The molecule has 2 rings (SSSR count). The molecule has 1 aromatic rings. The number of rotatable bonds is 2. The summed E-state index contributed by atoms with van der Waals surface area (Å²) < 4.78 is 26.7. The first-order valence-electron chi connectivity index (χ1n) is 5.07. The molecule has 16 heavy (non-hydrogen) atoms. The normalized spacial score (nSPS) is 19.1. The fourth-order valence-corrected chi connectivity index (χ4v) is 2.08. The van der Waals surface area contributed by atoms with Crippen LogP contribution in [-0.4, -0.2) is 19.5 Å². The third kappa shape index (κ3) is 1.39. The van der Waals surface area contributed by atoms with Crippen LogP contribution in [0.15, 0.2) is 12.1 Å². The van der Waals surface area contributed by atoms with Gasteiger partial charge >= 0.3 is 0 Å². The summed E-state index contributed by atoms with van der Waals surface area (Å²) in [6.07, 6.45) is 0. The number of carbonyl (C=O) groups excluding carboxylic acids is 1. The minimum Gasteiger partial charge on any atom is -0.308 e. The van der Waals surface area contributed by atoms with Crippen LogP contribution in [0.5, 0.6) is 0 Å². The van der Waals surface area contributed by atoms with Gasteiger partial charge < -0.3 is 10.2 Å². The molecule has 5 heteroatoms. The van der Waals surface area contributed by atoms with Gasteiger partial charge in [-0.05, 0) is 20.0 Å². The predicted octanol–water partition coefficient (Wildman–Crippen LogP) is 1.59. The summed E-state index contributed by atoms with van der Waals surface area (Å²) in [5.41, 5.74) is 0.556. The van der Waals surface area contributed by atoms with Crippen molar-refractivity contribution >= 4 is 11.6 Å². The average molecular weight is 226 g/mol. The predicted molar refractivity (Wildman–Crippen MR) is 56.2 cm³/mol. The van der Waals surface area contributed by atoms with Crippen molar-refractivity contribution in [2.45, 2.75) is 13.0 Å². The number of nitrogens with zero attached hydrogens (tertiary/aromatic N) is 1. The summed E-state index contributed by atoms with van der Waals surface area (Å²) in [5.74, 6) is -1.60. The summed E-state index contributed by atoms with van der Waals surface area (Å²) in [4.78, 5) is 13.2. The first kappa shape index (κ1) is 11.0. The number of benzene rings is 1. The van der Waals surface area contributed by atoms with E-state index in [2.05, 4.69) is 5.32 Å². The van der Waals surface area contributed by atoms with Crippen molar-refractivity contribution in [1.29, 1.82) is 0 Å². The maximum absolute atomic E-state index is 13.6. The molecule has 0 saturated carbocycles. The molecule has 1 aliphatic heterocycles. The fourth-order valence-electron chi connectivity index (χ4n) is 2.08. The standard InChI is InChI=1S/C11H12F2N2O/c1-3-15-10-7(9(14-2)11(15)16)4-6(12)5-8(10)13/h4-5,9,14H,3H2,1-2H3. The number of likely N-dealkylation sites (N-methyl/N-ethyl adjacent to an activating group) is 2. The molecule has 1 N–H and O–H groups in total. The second-order valence-corrected chi connectivity index (χ2v) is 3.63. The van der Waals surface area contributed by atoms with Gasteiger partial charge in [0.15, 0.2) is 0 Å². The number of hydrogen-bond donors (Lipinski definition) is 1. The Labute approximate surface area is 92.1 Å². The Hall–Kier alpha value is -1.49. The number of nitrogens with one attached hydrogen (secondary N) is 1. The van der Waals surface area contributed by atoms with Crippen molar-refractivity contribution in [2.75, 3.05) is 18.5 Å². The van der Waals surface area contributed by atoms with E-state index in [4.69, 9.17) is 0 Å². The van der Waals surface area contributed by atoms with E-state index in [9.17, 15) is 13.6 Å². The lowest BCUT2D eigenvalue weighted by molar-refractivity contribution is -0.119. The Balaban J connectivity index is 2.63. The molecular weight excluding hydrogens is 214 g/mol. The van der Waals surface area contributed by atoms with Crippen molar-refractivity contribution in [3.8, 4) is 0 Å². The molecule has 0 radical (unpaired) electrons. The maximum atomic E-state index is 13.6. The van der Waals surface area contributed by atoms with Crippen LogP contribution in [-0.2, 0) is 4.79 Å². The van der Waals surface area contributed by atoms with E-state index >= 15 is 0 Å². The van der Waals surface area contributed by atoms with Gasteiger partial charge in [0.25, 0.3) is 0 Å². The number of halogens is 2. The molecule has 1 heterocycles. The summed E-state index contributed by atoms with van der Waals surface area (Å²) in [6, 6.07) is 1.35. The van der Waals surface area contributed by atoms with E-state index in [0.29, 0.717) is 12.1 Å². The van der Waals surface area contributed by atoms with E-state index in [1.165, 1.54) is 11.0 Å². The Morgan fingerprint density at radius 2 is 2.12 bits per heavy atom. The van der Waals surface area contributed by atoms with E-state index < -0.39 is 17.7 Å². The molecule has 1 amide bonds. The Bertz CT molecular complexity index is 448. The SMILES string of the molecule is CCN1C(=O)C(NC)c2cc(F)cc(F)c21. The van der Waals surface area contributed by atoms with E-state index in [1.807, 2.05) is 0 Å². The monoisotopic (exact) mass is 226 g/mol. The van der Waals surface area contributed by atoms with Crippen LogP contribution < -0.4 is 10.2 Å². The molecule has 0 aromatic heterocycles. The highest BCUT2D eigenvalue weighted by atomic mass is 19.1. The highest BCUT2D eigenvalue weighted by molar-refractivity contribution is 6.04. The van der Waals surface area contributed by atoms with Crippen LogP contribution >= 0.6 is 0 Å². The molecule has 0 aliphatic carbocycles. The first-order valence-corrected chi connectivity index (χ1v) is 5.07. The van der Waals surface area contributed by atoms with Gasteiger partial charge in [-0.1, -0.05) is 0 Å². The van der Waals surface area contributed by atoms with Crippen LogP contribution in [0, 0.1) is 11.6 Å². The van der Waals surface area contributed by atoms with Gasteiger partial charge in [0.05, 0.1) is 5.69 Å². The lowest BCUT2D eigenvalue weighted by Crippen LogP contribution is -2.33. The van der Waals surface area contributed by atoms with Gasteiger partial charge in [0, 0.05) is 18.2 Å². The van der Waals surface area contributed by atoms with Crippen molar-refractivity contribution in [3.63, 3.8) is 0 Å². The van der Waals surface area contributed by atoms with Crippen LogP contribution in [0.2, 0.25) is 0 Å². The number of hydrogen-bond acceptors (Lipinski definition) is 2. The maximum Gasteiger partial charge on any atom is 0.248 e. The van der Waals surface area contributed by atoms with Crippen LogP contribution in [0.3, 0.4) is 0 Å². The summed E-state index contributed by atoms with van der Waals surface area (Å²) in [5, 5.41) is 2.76. The van der Waals surface area contributed by atoms with Crippen LogP contribution in [0.4, 0.5) is 14.5 Å². The van der Waals surface area contributed by atoms with E-state index in [1.54, 1.807) is 14.0 Å². The smallest absolute Gasteiger partial charge is 0.248 e. The van der Waals surface area contributed by atoms with Gasteiger partial charge in [-0.15, -0.1) is 0 Å². The quantitative estimate of drug-likeness (QED) is 0.830. The molecule has 3 nitrogen and oxygen atoms in total. The first-order chi connectivity index (χ1) is 7.60. The zero-order chi connectivity index (χ0) is 11.9. The molecule has 1 aromatic carbocycles. The topological polar surface area (TPSA) is 32.3 Å². The third-order valence-corrected chi connectivity index (χ3v) is 2.76. The minimum absolute atomic E-state index is 0.188. The number of carbonyl (C=O) groups is 1. The molecular formula is C11H12F2N2O. The second-order valence-electron chi connectivity index (χ2n) is 3.63. The third-order valence-electron chi connectivity index (χ3n) is 2.76. The highest BCUT2D eigenvalue weighted by Crippen LogP contribution is 2.38. The van der Waals surface area contributed by atoms with E-state index in [0.717, 1.165) is 6.07 Å². The zero-order valence-corrected chi connectivity index (χ0v) is 9.05. The Morgan fingerprint density at radius 3 is 2.69 bits per heavy atom. The van der Waals surface area contributed by atoms with Gasteiger partial charge in [-0.25, -0.2) is 8.78 Å². The molecule has 1 unspecified atom stereocenters. The van der Waals surface area contributed by atoms with Crippen molar-refractivity contribution in [2.24, 2.45) is 0 Å². The highest BCUT2D eigenvalue weighted by Gasteiger charge is 2.38. The summed E-state index contributed by atoms with van der Waals surface area (Å²) in [6.45, 7) is 2.12. The molecule has 1 aliphatic rings. The second kappa shape index (κ2) is 3.83. The lowest BCUT2D eigenvalue weighted by Gasteiger charge is -2.15. The number of anilines is 1. The average Bonchev–Trinajstić information content (AvgIpc) is 2.49. The Morgan fingerprint density at radius 1 is 1.44 bits per heavy atom.